The maximum absolute atomic E-state index is 14.3. The highest BCUT2D eigenvalue weighted by Crippen LogP contribution is 2.24. The van der Waals surface area contributed by atoms with E-state index in [4.69, 9.17) is 10.5 Å². The minimum absolute atomic E-state index is 0.279. The van der Waals surface area contributed by atoms with Gasteiger partial charge in [-0.1, -0.05) is 19.1 Å². The fourth-order valence-corrected chi connectivity index (χ4v) is 2.30. The summed E-state index contributed by atoms with van der Waals surface area (Å²) in [5.74, 6) is -0.0159. The van der Waals surface area contributed by atoms with Gasteiger partial charge in [0.05, 0.1) is 7.11 Å². The van der Waals surface area contributed by atoms with Gasteiger partial charge >= 0.3 is 0 Å². The third-order valence-corrected chi connectivity index (χ3v) is 3.38. The lowest BCUT2D eigenvalue weighted by atomic mass is 10.1. The van der Waals surface area contributed by atoms with Crippen LogP contribution in [-0.2, 0) is 6.54 Å². The zero-order valence-corrected chi connectivity index (χ0v) is 12.5. The number of nitrogens with zero attached hydrogens (tertiary/aromatic N) is 1. The van der Waals surface area contributed by atoms with E-state index in [0.29, 0.717) is 12.1 Å². The van der Waals surface area contributed by atoms with Crippen molar-refractivity contribution in [3.05, 3.63) is 53.8 Å². The Balaban J connectivity index is 2.26. The molecule has 0 saturated heterocycles. The average molecular weight is 288 g/mol. The van der Waals surface area contributed by atoms with Crippen LogP contribution < -0.4 is 15.4 Å². The SMILES string of the molecule is CCCN(Cc1cccc(OC)c1F)c1ccc(N)cc1. The molecular weight excluding hydrogens is 267 g/mol. The number of benzene rings is 2. The van der Waals surface area contributed by atoms with Gasteiger partial charge in [0.15, 0.2) is 11.6 Å². The van der Waals surface area contributed by atoms with Crippen LogP contribution in [0.1, 0.15) is 18.9 Å². The lowest BCUT2D eigenvalue weighted by molar-refractivity contribution is 0.384. The Morgan fingerprint density at radius 3 is 2.48 bits per heavy atom. The fourth-order valence-electron chi connectivity index (χ4n) is 2.30. The standard InChI is InChI=1S/C17H21FN2O/c1-3-11-20(15-9-7-14(19)8-10-15)12-13-5-4-6-16(21-2)17(13)18/h4-10H,3,11-12,19H2,1-2H3. The van der Waals surface area contributed by atoms with Gasteiger partial charge < -0.3 is 15.4 Å². The van der Waals surface area contributed by atoms with E-state index >= 15 is 0 Å². The molecule has 0 heterocycles. The summed E-state index contributed by atoms with van der Waals surface area (Å²) in [6, 6.07) is 12.9. The van der Waals surface area contributed by atoms with Crippen molar-refractivity contribution in [2.45, 2.75) is 19.9 Å². The molecule has 0 spiro atoms. The molecule has 0 unspecified atom stereocenters. The van der Waals surface area contributed by atoms with Crippen molar-refractivity contribution >= 4 is 11.4 Å². The number of methoxy groups -OCH3 is 1. The van der Waals surface area contributed by atoms with Gasteiger partial charge in [-0.25, -0.2) is 4.39 Å². The molecule has 2 N–H and O–H groups in total. The molecule has 0 radical (unpaired) electrons. The van der Waals surface area contributed by atoms with Crippen LogP contribution in [0.4, 0.5) is 15.8 Å². The number of hydrogen-bond donors (Lipinski definition) is 1. The number of rotatable bonds is 6. The molecule has 2 aromatic carbocycles. The van der Waals surface area contributed by atoms with Crippen LogP contribution in [0.5, 0.6) is 5.75 Å². The van der Waals surface area contributed by atoms with E-state index < -0.39 is 0 Å². The van der Waals surface area contributed by atoms with Gasteiger partial charge in [0.25, 0.3) is 0 Å². The number of nitrogens with two attached hydrogens (primary N) is 1. The van der Waals surface area contributed by atoms with Gasteiger partial charge in [-0.3, -0.25) is 0 Å². The smallest absolute Gasteiger partial charge is 0.170 e. The lowest BCUT2D eigenvalue weighted by Crippen LogP contribution is -2.24. The fraction of sp³-hybridized carbons (Fsp3) is 0.294. The van der Waals surface area contributed by atoms with Gasteiger partial charge in [-0.05, 0) is 36.8 Å². The number of ether oxygens (including phenoxy) is 1. The van der Waals surface area contributed by atoms with Crippen molar-refractivity contribution in [2.24, 2.45) is 0 Å². The predicted octanol–water partition coefficient (Wildman–Crippen LogP) is 3.83. The average Bonchev–Trinajstić information content (AvgIpc) is 2.49. The lowest BCUT2D eigenvalue weighted by Gasteiger charge is -2.25. The first-order chi connectivity index (χ1) is 10.2. The Morgan fingerprint density at radius 1 is 1.14 bits per heavy atom. The number of anilines is 2. The second-order valence-electron chi connectivity index (χ2n) is 4.95. The van der Waals surface area contributed by atoms with E-state index in [1.165, 1.54) is 7.11 Å². The molecule has 0 aliphatic carbocycles. The Labute approximate surface area is 125 Å². The zero-order valence-electron chi connectivity index (χ0n) is 12.5. The molecule has 0 atom stereocenters. The van der Waals surface area contributed by atoms with Gasteiger partial charge in [-0.2, -0.15) is 0 Å². The van der Waals surface area contributed by atoms with Crippen molar-refractivity contribution in [1.29, 1.82) is 0 Å². The summed E-state index contributed by atoms with van der Waals surface area (Å²) in [7, 11) is 1.48. The van der Waals surface area contributed by atoms with Crippen molar-refractivity contribution in [3.8, 4) is 5.75 Å². The maximum Gasteiger partial charge on any atom is 0.170 e. The minimum atomic E-state index is -0.295. The molecule has 3 nitrogen and oxygen atoms in total. The largest absolute Gasteiger partial charge is 0.494 e. The highest BCUT2D eigenvalue weighted by molar-refractivity contribution is 5.53. The molecule has 0 aliphatic heterocycles. The Morgan fingerprint density at radius 2 is 1.86 bits per heavy atom. The first-order valence-electron chi connectivity index (χ1n) is 7.07. The minimum Gasteiger partial charge on any atom is -0.494 e. The Hall–Kier alpha value is -2.23. The normalized spacial score (nSPS) is 10.4. The van der Waals surface area contributed by atoms with Gasteiger partial charge in [-0.15, -0.1) is 0 Å². The summed E-state index contributed by atoms with van der Waals surface area (Å²) in [5, 5.41) is 0. The second-order valence-corrected chi connectivity index (χ2v) is 4.95. The van der Waals surface area contributed by atoms with Crippen molar-refractivity contribution in [1.82, 2.24) is 0 Å². The molecule has 0 aromatic heterocycles. The Kier molecular flexibility index (Phi) is 5.04. The van der Waals surface area contributed by atoms with Crippen LogP contribution >= 0.6 is 0 Å². The third kappa shape index (κ3) is 3.66. The van der Waals surface area contributed by atoms with Crippen LogP contribution in [0.25, 0.3) is 0 Å². The van der Waals surface area contributed by atoms with E-state index in [1.807, 2.05) is 30.3 Å². The van der Waals surface area contributed by atoms with E-state index in [-0.39, 0.29) is 11.6 Å². The van der Waals surface area contributed by atoms with E-state index in [0.717, 1.165) is 24.3 Å². The zero-order chi connectivity index (χ0) is 15.2. The van der Waals surface area contributed by atoms with Crippen LogP contribution in [0.3, 0.4) is 0 Å². The van der Waals surface area contributed by atoms with Crippen molar-refractivity contribution in [2.75, 3.05) is 24.3 Å². The molecule has 0 amide bonds. The summed E-state index contributed by atoms with van der Waals surface area (Å²) >= 11 is 0. The summed E-state index contributed by atoms with van der Waals surface area (Å²) in [5.41, 5.74) is 8.11. The first-order valence-corrected chi connectivity index (χ1v) is 7.07. The topological polar surface area (TPSA) is 38.5 Å². The number of halogens is 1. The summed E-state index contributed by atoms with van der Waals surface area (Å²) in [6.07, 6.45) is 0.982. The van der Waals surface area contributed by atoms with Crippen LogP contribution in [-0.4, -0.2) is 13.7 Å². The van der Waals surface area contributed by atoms with Crippen molar-refractivity contribution in [3.63, 3.8) is 0 Å². The second kappa shape index (κ2) is 6.97. The molecule has 2 aromatic rings. The van der Waals surface area contributed by atoms with Gasteiger partial charge in [0.2, 0.25) is 0 Å². The van der Waals surface area contributed by atoms with Crippen LogP contribution in [0, 0.1) is 5.82 Å². The monoisotopic (exact) mass is 288 g/mol. The summed E-state index contributed by atoms with van der Waals surface area (Å²) in [6.45, 7) is 3.45. The molecule has 112 valence electrons. The number of hydrogen-bond acceptors (Lipinski definition) is 3. The highest BCUT2D eigenvalue weighted by atomic mass is 19.1. The summed E-state index contributed by atoms with van der Waals surface area (Å²) < 4.78 is 19.3. The third-order valence-electron chi connectivity index (χ3n) is 3.38. The predicted molar refractivity (Wildman–Crippen MR) is 85.1 cm³/mol. The van der Waals surface area contributed by atoms with Crippen molar-refractivity contribution < 1.29 is 9.13 Å². The summed E-state index contributed by atoms with van der Waals surface area (Å²) in [4.78, 5) is 2.14. The van der Waals surface area contributed by atoms with E-state index in [9.17, 15) is 4.39 Å². The first kappa shape index (κ1) is 15.2. The molecule has 21 heavy (non-hydrogen) atoms. The van der Waals surface area contributed by atoms with Gasteiger partial charge in [0, 0.05) is 30.0 Å². The quantitative estimate of drug-likeness (QED) is 0.821. The molecule has 2 rings (SSSR count). The molecular formula is C17H21FN2O. The molecule has 0 saturated carbocycles. The highest BCUT2D eigenvalue weighted by Gasteiger charge is 2.13. The molecule has 0 fully saturated rings. The van der Waals surface area contributed by atoms with Crippen LogP contribution in [0.15, 0.2) is 42.5 Å². The molecule has 4 heteroatoms. The van der Waals surface area contributed by atoms with E-state index in [1.54, 1.807) is 12.1 Å². The Bertz CT molecular complexity index is 584. The maximum atomic E-state index is 14.3. The molecule has 0 aliphatic rings. The molecule has 0 bridgehead atoms. The van der Waals surface area contributed by atoms with Gasteiger partial charge in [0.1, 0.15) is 0 Å². The van der Waals surface area contributed by atoms with Crippen LogP contribution in [0.2, 0.25) is 0 Å². The van der Waals surface area contributed by atoms with E-state index in [2.05, 4.69) is 11.8 Å². The number of nitrogen functional groups attached to an aromatic ring is 1.